The number of aromatic nitrogens is 1. The summed E-state index contributed by atoms with van der Waals surface area (Å²) >= 11 is 5.59. The number of hydrogen-bond donors (Lipinski definition) is 1. The fourth-order valence-corrected chi connectivity index (χ4v) is 2.13. The van der Waals surface area contributed by atoms with Gasteiger partial charge in [0.1, 0.15) is 0 Å². The maximum atomic E-state index is 11.8. The molecular formula is C13H14ClNO. The van der Waals surface area contributed by atoms with Crippen LogP contribution in [0, 0.1) is 0 Å². The molecule has 0 saturated heterocycles. The van der Waals surface area contributed by atoms with E-state index < -0.39 is 0 Å². The third-order valence-corrected chi connectivity index (χ3v) is 2.99. The molecule has 0 amide bonds. The van der Waals surface area contributed by atoms with Crippen molar-refractivity contribution in [1.29, 1.82) is 0 Å². The minimum Gasteiger partial charge on any atom is -0.360 e. The highest BCUT2D eigenvalue weighted by molar-refractivity contribution is 6.20. The van der Waals surface area contributed by atoms with E-state index in [1.807, 2.05) is 12.1 Å². The number of carbonyl (C=O) groups is 1. The second kappa shape index (κ2) is 4.71. The standard InChI is InChI=1S/C13H14ClNO/c1-2-9-4-3-5-10-11(8-15-13(9)10)12(16)6-7-14/h3-5,8,15H,2,6-7H2,1H3. The van der Waals surface area contributed by atoms with Gasteiger partial charge in [-0.3, -0.25) is 4.79 Å². The van der Waals surface area contributed by atoms with Gasteiger partial charge in [-0.05, 0) is 12.0 Å². The molecule has 0 atom stereocenters. The number of nitrogens with one attached hydrogen (secondary N) is 1. The molecule has 1 heterocycles. The number of fused-ring (bicyclic) bond motifs is 1. The second-order valence-corrected chi connectivity index (χ2v) is 4.14. The Kier molecular flexibility index (Phi) is 3.30. The Morgan fingerprint density at radius 2 is 2.25 bits per heavy atom. The molecule has 0 bridgehead atoms. The lowest BCUT2D eigenvalue weighted by Gasteiger charge is -2.00. The summed E-state index contributed by atoms with van der Waals surface area (Å²) in [5, 5.41) is 1.01. The van der Waals surface area contributed by atoms with E-state index in [2.05, 4.69) is 18.0 Å². The number of rotatable bonds is 4. The smallest absolute Gasteiger partial charge is 0.166 e. The van der Waals surface area contributed by atoms with Gasteiger partial charge in [0.15, 0.2) is 5.78 Å². The van der Waals surface area contributed by atoms with Crippen molar-refractivity contribution >= 4 is 28.3 Å². The number of aromatic amines is 1. The monoisotopic (exact) mass is 235 g/mol. The van der Waals surface area contributed by atoms with Gasteiger partial charge in [-0.15, -0.1) is 11.6 Å². The molecule has 0 unspecified atom stereocenters. The number of hydrogen-bond acceptors (Lipinski definition) is 1. The van der Waals surface area contributed by atoms with Gasteiger partial charge in [0, 0.05) is 35.0 Å². The lowest BCUT2D eigenvalue weighted by Crippen LogP contribution is -1.98. The number of H-pyrrole nitrogens is 1. The van der Waals surface area contributed by atoms with Crippen molar-refractivity contribution in [2.45, 2.75) is 19.8 Å². The molecule has 84 valence electrons. The van der Waals surface area contributed by atoms with Crippen molar-refractivity contribution in [3.8, 4) is 0 Å². The fourth-order valence-electron chi connectivity index (χ4n) is 1.96. The zero-order valence-electron chi connectivity index (χ0n) is 9.22. The molecule has 0 aliphatic rings. The van der Waals surface area contributed by atoms with Crippen LogP contribution >= 0.6 is 11.6 Å². The summed E-state index contributed by atoms with van der Waals surface area (Å²) in [6.07, 6.45) is 3.14. The van der Waals surface area contributed by atoms with Crippen molar-refractivity contribution < 1.29 is 4.79 Å². The van der Waals surface area contributed by atoms with Gasteiger partial charge < -0.3 is 4.98 Å². The highest BCUT2D eigenvalue weighted by Gasteiger charge is 2.12. The van der Waals surface area contributed by atoms with Gasteiger partial charge in [-0.1, -0.05) is 25.1 Å². The molecule has 2 aromatic rings. The van der Waals surface area contributed by atoms with Gasteiger partial charge in [-0.2, -0.15) is 0 Å². The first-order valence-electron chi connectivity index (χ1n) is 5.46. The van der Waals surface area contributed by atoms with Gasteiger partial charge in [0.2, 0.25) is 0 Å². The predicted molar refractivity (Wildman–Crippen MR) is 67.3 cm³/mol. The third-order valence-electron chi connectivity index (χ3n) is 2.80. The van der Waals surface area contributed by atoms with Crippen molar-refractivity contribution in [2.24, 2.45) is 0 Å². The zero-order valence-corrected chi connectivity index (χ0v) is 9.97. The summed E-state index contributed by atoms with van der Waals surface area (Å²) in [6, 6.07) is 6.05. The first-order chi connectivity index (χ1) is 7.77. The Morgan fingerprint density at radius 3 is 2.94 bits per heavy atom. The number of halogens is 1. The Morgan fingerprint density at radius 1 is 1.44 bits per heavy atom. The van der Waals surface area contributed by atoms with Gasteiger partial charge in [0.05, 0.1) is 0 Å². The lowest BCUT2D eigenvalue weighted by atomic mass is 10.0. The molecule has 0 radical (unpaired) electrons. The molecule has 1 aromatic heterocycles. The molecule has 0 spiro atoms. The number of benzene rings is 1. The van der Waals surface area contributed by atoms with Crippen LogP contribution in [-0.4, -0.2) is 16.6 Å². The Hall–Kier alpha value is -1.28. The lowest BCUT2D eigenvalue weighted by molar-refractivity contribution is 0.0991. The second-order valence-electron chi connectivity index (χ2n) is 3.76. The molecule has 2 rings (SSSR count). The van der Waals surface area contributed by atoms with E-state index in [0.29, 0.717) is 12.3 Å². The molecule has 0 aliphatic carbocycles. The molecule has 16 heavy (non-hydrogen) atoms. The van der Waals surface area contributed by atoms with Crippen LogP contribution in [-0.2, 0) is 6.42 Å². The number of para-hydroxylation sites is 1. The Bertz CT molecular complexity index is 516. The van der Waals surface area contributed by atoms with Gasteiger partial charge in [0.25, 0.3) is 0 Å². The number of ketones is 1. The normalized spacial score (nSPS) is 10.9. The highest BCUT2D eigenvalue weighted by Crippen LogP contribution is 2.23. The average Bonchev–Trinajstić information content (AvgIpc) is 2.72. The van der Waals surface area contributed by atoms with E-state index >= 15 is 0 Å². The number of Topliss-reactive ketones (excluding diaryl/α,β-unsaturated/α-hetero) is 1. The number of alkyl halides is 1. The number of carbonyl (C=O) groups excluding carboxylic acids is 1. The van der Waals surface area contributed by atoms with Crippen LogP contribution in [0.3, 0.4) is 0 Å². The Labute approximate surface area is 99.6 Å². The minimum absolute atomic E-state index is 0.106. The van der Waals surface area contributed by atoms with Crippen LogP contribution in [0.25, 0.3) is 10.9 Å². The van der Waals surface area contributed by atoms with Crippen LogP contribution < -0.4 is 0 Å². The topological polar surface area (TPSA) is 32.9 Å². The highest BCUT2D eigenvalue weighted by atomic mass is 35.5. The van der Waals surface area contributed by atoms with Crippen molar-refractivity contribution in [3.05, 3.63) is 35.5 Å². The summed E-state index contributed by atoms with van der Waals surface area (Å²) in [6.45, 7) is 2.11. The molecule has 0 saturated carbocycles. The maximum Gasteiger partial charge on any atom is 0.166 e. The molecule has 0 fully saturated rings. The van der Waals surface area contributed by atoms with E-state index in [1.54, 1.807) is 6.20 Å². The van der Waals surface area contributed by atoms with E-state index in [4.69, 9.17) is 11.6 Å². The van der Waals surface area contributed by atoms with E-state index in [9.17, 15) is 4.79 Å². The van der Waals surface area contributed by atoms with Gasteiger partial charge in [-0.25, -0.2) is 0 Å². The summed E-state index contributed by atoms with van der Waals surface area (Å²) in [7, 11) is 0. The first-order valence-corrected chi connectivity index (χ1v) is 5.99. The van der Waals surface area contributed by atoms with E-state index in [-0.39, 0.29) is 5.78 Å². The molecular weight excluding hydrogens is 222 g/mol. The third kappa shape index (κ3) is 1.85. The predicted octanol–water partition coefficient (Wildman–Crippen LogP) is 3.54. The quantitative estimate of drug-likeness (QED) is 0.638. The van der Waals surface area contributed by atoms with Crippen LogP contribution in [0.5, 0.6) is 0 Å². The van der Waals surface area contributed by atoms with Crippen LogP contribution in [0.4, 0.5) is 0 Å². The van der Waals surface area contributed by atoms with Crippen molar-refractivity contribution in [3.63, 3.8) is 0 Å². The van der Waals surface area contributed by atoms with Gasteiger partial charge >= 0.3 is 0 Å². The van der Waals surface area contributed by atoms with Crippen LogP contribution in [0.1, 0.15) is 29.3 Å². The average molecular weight is 236 g/mol. The maximum absolute atomic E-state index is 11.8. The summed E-state index contributed by atoms with van der Waals surface area (Å²) in [5.74, 6) is 0.480. The van der Waals surface area contributed by atoms with E-state index in [0.717, 1.165) is 22.9 Å². The summed E-state index contributed by atoms with van der Waals surface area (Å²) in [5.41, 5.74) is 3.07. The van der Waals surface area contributed by atoms with E-state index in [1.165, 1.54) is 5.56 Å². The first kappa shape index (κ1) is 11.2. The summed E-state index contributed by atoms with van der Waals surface area (Å²) in [4.78, 5) is 15.0. The Balaban J connectivity index is 2.53. The largest absolute Gasteiger partial charge is 0.360 e. The fraction of sp³-hybridized carbons (Fsp3) is 0.308. The molecule has 3 heteroatoms. The zero-order chi connectivity index (χ0) is 11.5. The van der Waals surface area contributed by atoms with Crippen molar-refractivity contribution in [2.75, 3.05) is 5.88 Å². The molecule has 2 nitrogen and oxygen atoms in total. The summed E-state index contributed by atoms with van der Waals surface area (Å²) < 4.78 is 0. The number of aryl methyl sites for hydroxylation is 1. The van der Waals surface area contributed by atoms with Crippen molar-refractivity contribution in [1.82, 2.24) is 4.98 Å². The SMILES string of the molecule is CCc1cccc2c(C(=O)CCCl)c[nH]c12. The van der Waals surface area contributed by atoms with Crippen LogP contribution in [0.2, 0.25) is 0 Å². The molecule has 1 N–H and O–H groups in total. The van der Waals surface area contributed by atoms with Crippen LogP contribution in [0.15, 0.2) is 24.4 Å². The minimum atomic E-state index is 0.106. The molecule has 0 aliphatic heterocycles. The molecule has 1 aromatic carbocycles.